The lowest BCUT2D eigenvalue weighted by atomic mass is 9.96. The molecule has 0 spiro atoms. The zero-order valence-corrected chi connectivity index (χ0v) is 18.5. The molecule has 2 aromatic rings. The van der Waals surface area contributed by atoms with Crippen molar-refractivity contribution < 1.29 is 17.6 Å². The second kappa shape index (κ2) is 9.27. The van der Waals surface area contributed by atoms with E-state index in [0.717, 1.165) is 5.56 Å². The van der Waals surface area contributed by atoms with Crippen molar-refractivity contribution in [2.24, 2.45) is 5.92 Å². The normalized spacial score (nSPS) is 16.9. The average Bonchev–Trinajstić information content (AvgIpc) is 2.71. The van der Waals surface area contributed by atoms with Crippen LogP contribution < -0.4 is 5.32 Å². The van der Waals surface area contributed by atoms with E-state index >= 15 is 0 Å². The van der Waals surface area contributed by atoms with E-state index in [4.69, 9.17) is 0 Å². The van der Waals surface area contributed by atoms with Crippen molar-refractivity contribution in [1.29, 1.82) is 0 Å². The van der Waals surface area contributed by atoms with Gasteiger partial charge in [0.1, 0.15) is 5.82 Å². The number of hydrogen-bond acceptors (Lipinski definition) is 3. The molecule has 3 rings (SSSR count). The standard InChI is InChI=1S/C23H29FN2O3S/c1-16-8-9-20(14-17(16)2)18(3)25-23(27)19-10-12-26(13-11-19)30(28,29)15-21-6-4-5-7-22(21)24/h4-9,14,18-19H,10-13,15H2,1-3H3,(H,25,27). The molecule has 1 aliphatic heterocycles. The SMILES string of the molecule is Cc1ccc(C(C)NC(=O)C2CCN(S(=O)(=O)Cc3ccccc3F)CC2)cc1C. The molecule has 0 bridgehead atoms. The second-order valence-corrected chi connectivity index (χ2v) is 10.1. The zero-order chi connectivity index (χ0) is 21.9. The lowest BCUT2D eigenvalue weighted by Crippen LogP contribution is -2.43. The fourth-order valence-electron chi connectivity index (χ4n) is 3.75. The van der Waals surface area contributed by atoms with Gasteiger partial charge in [0.15, 0.2) is 0 Å². The van der Waals surface area contributed by atoms with E-state index in [2.05, 4.69) is 18.3 Å². The molecule has 1 N–H and O–H groups in total. The Morgan fingerprint density at radius 2 is 1.80 bits per heavy atom. The molecule has 7 heteroatoms. The molecule has 1 saturated heterocycles. The number of benzene rings is 2. The molecule has 0 aliphatic carbocycles. The minimum atomic E-state index is -3.62. The number of nitrogens with one attached hydrogen (secondary N) is 1. The van der Waals surface area contributed by atoms with Gasteiger partial charge >= 0.3 is 0 Å². The Morgan fingerprint density at radius 3 is 2.43 bits per heavy atom. The Morgan fingerprint density at radius 1 is 1.13 bits per heavy atom. The molecular formula is C23H29FN2O3S. The lowest BCUT2D eigenvalue weighted by molar-refractivity contribution is -0.126. The molecule has 2 aromatic carbocycles. The van der Waals surface area contributed by atoms with Gasteiger partial charge in [0.2, 0.25) is 15.9 Å². The summed E-state index contributed by atoms with van der Waals surface area (Å²) in [4.78, 5) is 12.7. The van der Waals surface area contributed by atoms with Crippen LogP contribution in [0.4, 0.5) is 4.39 Å². The van der Waals surface area contributed by atoms with Crippen LogP contribution in [-0.4, -0.2) is 31.7 Å². The van der Waals surface area contributed by atoms with Crippen LogP contribution in [0.2, 0.25) is 0 Å². The third kappa shape index (κ3) is 5.26. The topological polar surface area (TPSA) is 66.5 Å². The number of carbonyl (C=O) groups excluding carboxylic acids is 1. The summed E-state index contributed by atoms with van der Waals surface area (Å²) < 4.78 is 40.5. The first kappa shape index (κ1) is 22.4. The van der Waals surface area contributed by atoms with Crippen LogP contribution in [0.1, 0.15) is 48.1 Å². The third-order valence-electron chi connectivity index (χ3n) is 5.90. The molecule has 0 aromatic heterocycles. The van der Waals surface area contributed by atoms with Crippen LogP contribution in [-0.2, 0) is 20.6 Å². The Labute approximate surface area is 178 Å². The summed E-state index contributed by atoms with van der Waals surface area (Å²) in [5.41, 5.74) is 3.61. The molecule has 1 heterocycles. The molecule has 5 nitrogen and oxygen atoms in total. The van der Waals surface area contributed by atoms with E-state index in [1.807, 2.05) is 26.0 Å². The number of halogens is 1. The molecule has 1 atom stereocenters. The van der Waals surface area contributed by atoms with Gasteiger partial charge in [-0.2, -0.15) is 0 Å². The van der Waals surface area contributed by atoms with Crippen molar-refractivity contribution >= 4 is 15.9 Å². The second-order valence-electron chi connectivity index (χ2n) is 8.09. The molecule has 162 valence electrons. The summed E-state index contributed by atoms with van der Waals surface area (Å²) in [6.07, 6.45) is 0.921. The van der Waals surface area contributed by atoms with Crippen molar-refractivity contribution in [3.63, 3.8) is 0 Å². The number of nitrogens with zero attached hydrogens (tertiary/aromatic N) is 1. The molecule has 1 amide bonds. The molecular weight excluding hydrogens is 403 g/mol. The highest BCUT2D eigenvalue weighted by Crippen LogP contribution is 2.24. The maximum atomic E-state index is 13.8. The molecule has 30 heavy (non-hydrogen) atoms. The summed E-state index contributed by atoms with van der Waals surface area (Å²) in [5, 5.41) is 3.06. The summed E-state index contributed by atoms with van der Waals surface area (Å²) in [5.74, 6) is -1.15. The predicted octanol–water partition coefficient (Wildman–Crippen LogP) is 3.86. The first-order valence-corrected chi connectivity index (χ1v) is 11.9. The predicted molar refractivity (Wildman–Crippen MR) is 116 cm³/mol. The third-order valence-corrected chi connectivity index (χ3v) is 7.73. The van der Waals surface area contributed by atoms with Gasteiger partial charge in [0.05, 0.1) is 11.8 Å². The van der Waals surface area contributed by atoms with Crippen LogP contribution in [0.3, 0.4) is 0 Å². The quantitative estimate of drug-likeness (QED) is 0.754. The van der Waals surface area contributed by atoms with Gasteiger partial charge in [-0.3, -0.25) is 4.79 Å². The highest BCUT2D eigenvalue weighted by Gasteiger charge is 2.32. The maximum absolute atomic E-state index is 13.8. The van der Waals surface area contributed by atoms with Crippen LogP contribution >= 0.6 is 0 Å². The van der Waals surface area contributed by atoms with E-state index in [1.54, 1.807) is 6.07 Å². The summed E-state index contributed by atoms with van der Waals surface area (Å²) >= 11 is 0. The van der Waals surface area contributed by atoms with Crippen molar-refractivity contribution in [1.82, 2.24) is 9.62 Å². The monoisotopic (exact) mass is 432 g/mol. The smallest absolute Gasteiger partial charge is 0.223 e. The number of rotatable bonds is 6. The summed E-state index contributed by atoms with van der Waals surface area (Å²) in [6.45, 7) is 6.59. The van der Waals surface area contributed by atoms with Gasteiger partial charge in [-0.1, -0.05) is 36.4 Å². The molecule has 0 saturated carbocycles. The van der Waals surface area contributed by atoms with Crippen molar-refractivity contribution in [2.45, 2.75) is 45.4 Å². The van der Waals surface area contributed by atoms with Crippen molar-refractivity contribution in [2.75, 3.05) is 13.1 Å². The minimum absolute atomic E-state index is 0.0492. The van der Waals surface area contributed by atoms with Crippen LogP contribution in [0, 0.1) is 25.6 Å². The van der Waals surface area contributed by atoms with E-state index in [0.29, 0.717) is 12.8 Å². The first-order chi connectivity index (χ1) is 14.2. The molecule has 1 fully saturated rings. The number of amides is 1. The highest BCUT2D eigenvalue weighted by atomic mass is 32.2. The van der Waals surface area contributed by atoms with Gasteiger partial charge < -0.3 is 5.32 Å². The van der Waals surface area contributed by atoms with Crippen LogP contribution in [0.5, 0.6) is 0 Å². The summed E-state index contributed by atoms with van der Waals surface area (Å²) in [6, 6.07) is 11.9. The zero-order valence-electron chi connectivity index (χ0n) is 17.7. The number of piperidine rings is 1. The molecule has 1 aliphatic rings. The highest BCUT2D eigenvalue weighted by molar-refractivity contribution is 7.88. The van der Waals surface area contributed by atoms with E-state index in [-0.39, 0.29) is 42.3 Å². The van der Waals surface area contributed by atoms with Gasteiger partial charge in [0, 0.05) is 24.6 Å². The molecule has 1 unspecified atom stereocenters. The Balaban J connectivity index is 1.56. The number of sulfonamides is 1. The Hall–Kier alpha value is -2.25. The van der Waals surface area contributed by atoms with Crippen molar-refractivity contribution in [3.05, 3.63) is 70.5 Å². The van der Waals surface area contributed by atoms with Crippen LogP contribution in [0.25, 0.3) is 0 Å². The lowest BCUT2D eigenvalue weighted by Gasteiger charge is -2.31. The van der Waals surface area contributed by atoms with Gasteiger partial charge in [-0.25, -0.2) is 17.1 Å². The maximum Gasteiger partial charge on any atom is 0.223 e. The fourth-order valence-corrected chi connectivity index (χ4v) is 5.32. The summed E-state index contributed by atoms with van der Waals surface area (Å²) in [7, 11) is -3.62. The van der Waals surface area contributed by atoms with E-state index < -0.39 is 15.8 Å². The Bertz CT molecular complexity index is 1010. The number of carbonyl (C=O) groups is 1. The van der Waals surface area contributed by atoms with Gasteiger partial charge in [-0.15, -0.1) is 0 Å². The number of hydrogen-bond donors (Lipinski definition) is 1. The van der Waals surface area contributed by atoms with Gasteiger partial charge in [0.25, 0.3) is 0 Å². The minimum Gasteiger partial charge on any atom is -0.349 e. The van der Waals surface area contributed by atoms with E-state index in [1.165, 1.54) is 33.6 Å². The van der Waals surface area contributed by atoms with Crippen molar-refractivity contribution in [3.8, 4) is 0 Å². The Kier molecular flexibility index (Phi) is 6.93. The molecule has 0 radical (unpaired) electrons. The first-order valence-electron chi connectivity index (χ1n) is 10.3. The fraction of sp³-hybridized carbons (Fsp3) is 0.435. The average molecular weight is 433 g/mol. The number of aryl methyl sites for hydroxylation is 2. The van der Waals surface area contributed by atoms with Gasteiger partial charge in [-0.05, 0) is 56.4 Å². The van der Waals surface area contributed by atoms with Crippen LogP contribution in [0.15, 0.2) is 42.5 Å². The van der Waals surface area contributed by atoms with E-state index in [9.17, 15) is 17.6 Å². The largest absolute Gasteiger partial charge is 0.349 e.